The van der Waals surface area contributed by atoms with Gasteiger partial charge in [-0.05, 0) is 47.4 Å². The van der Waals surface area contributed by atoms with Crippen molar-refractivity contribution in [2.75, 3.05) is 0 Å². The number of aldehydes is 1. The molecule has 2 aromatic carbocycles. The summed E-state index contributed by atoms with van der Waals surface area (Å²) in [7, 11) is 0. The maximum Gasteiger partial charge on any atom is 0.131 e. The first-order chi connectivity index (χ1) is 9.67. The smallest absolute Gasteiger partial charge is 0.131 e. The van der Waals surface area contributed by atoms with Gasteiger partial charge in [-0.3, -0.25) is 0 Å². The third-order valence-corrected chi connectivity index (χ3v) is 3.62. The molecule has 0 radical (unpaired) electrons. The highest BCUT2D eigenvalue weighted by Gasteiger charge is 2.27. The Labute approximate surface area is 116 Å². The third kappa shape index (κ3) is 2.23. The summed E-state index contributed by atoms with van der Waals surface area (Å²) in [6.45, 7) is 0. The summed E-state index contributed by atoms with van der Waals surface area (Å²) in [6.07, 6.45) is 3.48. The standard InChI is InChI=1S/C17H13FO2/c18-14-4-1-11(2-5-14)7-13-8-12-3-6-15(20)9-16(12)17(13)10-19/h1-7,9-10,17,20H,8H2/b13-7+. The molecule has 1 aliphatic rings. The normalized spacial score (nSPS) is 19.1. The van der Waals surface area contributed by atoms with Crippen molar-refractivity contribution in [3.05, 3.63) is 70.5 Å². The molecule has 0 saturated carbocycles. The van der Waals surface area contributed by atoms with Gasteiger partial charge in [0.05, 0.1) is 5.92 Å². The first-order valence-electron chi connectivity index (χ1n) is 6.40. The van der Waals surface area contributed by atoms with Crippen molar-refractivity contribution >= 4 is 12.4 Å². The molecule has 3 heteroatoms. The lowest BCUT2D eigenvalue weighted by molar-refractivity contribution is -0.108. The van der Waals surface area contributed by atoms with Crippen LogP contribution < -0.4 is 0 Å². The maximum absolute atomic E-state index is 12.9. The van der Waals surface area contributed by atoms with Crippen LogP contribution in [0, 0.1) is 5.82 Å². The lowest BCUT2D eigenvalue weighted by atomic mass is 9.97. The third-order valence-electron chi connectivity index (χ3n) is 3.62. The van der Waals surface area contributed by atoms with Gasteiger partial charge in [0.25, 0.3) is 0 Å². The summed E-state index contributed by atoms with van der Waals surface area (Å²) in [5.41, 5.74) is 3.74. The minimum Gasteiger partial charge on any atom is -0.508 e. The van der Waals surface area contributed by atoms with Crippen LogP contribution in [0.4, 0.5) is 4.39 Å². The number of rotatable bonds is 2. The molecule has 0 aliphatic heterocycles. The Hall–Kier alpha value is -2.42. The Morgan fingerprint density at radius 1 is 1.15 bits per heavy atom. The summed E-state index contributed by atoms with van der Waals surface area (Å²) in [6, 6.07) is 11.3. The Morgan fingerprint density at radius 2 is 1.90 bits per heavy atom. The Kier molecular flexibility index (Phi) is 3.11. The van der Waals surface area contributed by atoms with Crippen LogP contribution in [0.25, 0.3) is 6.08 Å². The average Bonchev–Trinajstić information content (AvgIpc) is 2.78. The molecule has 0 amide bonds. The van der Waals surface area contributed by atoms with Gasteiger partial charge in [0.2, 0.25) is 0 Å². The second-order valence-electron chi connectivity index (χ2n) is 4.94. The monoisotopic (exact) mass is 268 g/mol. The molecule has 1 atom stereocenters. The van der Waals surface area contributed by atoms with Crippen LogP contribution in [-0.2, 0) is 11.2 Å². The van der Waals surface area contributed by atoms with Crippen LogP contribution in [0.5, 0.6) is 5.75 Å². The molecule has 1 aliphatic carbocycles. The van der Waals surface area contributed by atoms with Crippen molar-refractivity contribution in [3.8, 4) is 5.75 Å². The van der Waals surface area contributed by atoms with E-state index in [1.54, 1.807) is 24.3 Å². The lowest BCUT2D eigenvalue weighted by Gasteiger charge is -2.06. The van der Waals surface area contributed by atoms with E-state index < -0.39 is 0 Å². The van der Waals surface area contributed by atoms with Gasteiger partial charge in [-0.2, -0.15) is 0 Å². The fourth-order valence-electron chi connectivity index (χ4n) is 2.64. The number of aromatic hydroxyl groups is 1. The zero-order chi connectivity index (χ0) is 14.1. The Morgan fingerprint density at radius 3 is 2.60 bits per heavy atom. The van der Waals surface area contributed by atoms with Gasteiger partial charge in [-0.25, -0.2) is 4.39 Å². The molecule has 2 nitrogen and oxygen atoms in total. The van der Waals surface area contributed by atoms with Crippen LogP contribution in [0.15, 0.2) is 48.0 Å². The van der Waals surface area contributed by atoms with Gasteiger partial charge in [-0.15, -0.1) is 0 Å². The Balaban J connectivity index is 2.00. The van der Waals surface area contributed by atoms with Crippen LogP contribution in [-0.4, -0.2) is 11.4 Å². The van der Waals surface area contributed by atoms with Gasteiger partial charge in [0, 0.05) is 0 Å². The molecule has 1 unspecified atom stereocenters. The molecule has 0 heterocycles. The summed E-state index contributed by atoms with van der Waals surface area (Å²) < 4.78 is 12.9. The summed E-state index contributed by atoms with van der Waals surface area (Å²) in [5, 5.41) is 9.54. The molecule has 0 saturated heterocycles. The summed E-state index contributed by atoms with van der Waals surface area (Å²) in [4.78, 5) is 11.4. The largest absolute Gasteiger partial charge is 0.508 e. The average molecular weight is 268 g/mol. The Bertz CT molecular complexity index is 687. The highest BCUT2D eigenvalue weighted by molar-refractivity contribution is 5.76. The maximum atomic E-state index is 12.9. The fourth-order valence-corrected chi connectivity index (χ4v) is 2.64. The van der Waals surface area contributed by atoms with E-state index >= 15 is 0 Å². The number of allylic oxidation sites excluding steroid dienone is 1. The van der Waals surface area contributed by atoms with Crippen LogP contribution in [0.2, 0.25) is 0 Å². The minimum atomic E-state index is -0.331. The highest BCUT2D eigenvalue weighted by Crippen LogP contribution is 2.38. The van der Waals surface area contributed by atoms with Gasteiger partial charge < -0.3 is 9.90 Å². The molecule has 2 aromatic rings. The van der Waals surface area contributed by atoms with Gasteiger partial charge >= 0.3 is 0 Å². The number of hydrogen-bond acceptors (Lipinski definition) is 2. The van der Waals surface area contributed by atoms with Crippen LogP contribution in [0.1, 0.15) is 22.6 Å². The molecule has 1 N–H and O–H groups in total. The zero-order valence-corrected chi connectivity index (χ0v) is 10.7. The van der Waals surface area contributed by atoms with Crippen LogP contribution >= 0.6 is 0 Å². The molecule has 100 valence electrons. The summed E-state index contributed by atoms with van der Waals surface area (Å²) in [5.74, 6) is -0.445. The molecule has 0 fully saturated rings. The number of hydrogen-bond donors (Lipinski definition) is 1. The van der Waals surface area contributed by atoms with Crippen molar-refractivity contribution < 1.29 is 14.3 Å². The van der Waals surface area contributed by atoms with E-state index in [4.69, 9.17) is 0 Å². The molecule has 20 heavy (non-hydrogen) atoms. The van der Waals surface area contributed by atoms with E-state index in [9.17, 15) is 14.3 Å². The quantitative estimate of drug-likeness (QED) is 0.847. The lowest BCUT2D eigenvalue weighted by Crippen LogP contribution is -1.97. The van der Waals surface area contributed by atoms with Crippen molar-refractivity contribution in [1.29, 1.82) is 0 Å². The number of phenols is 1. The van der Waals surface area contributed by atoms with E-state index in [-0.39, 0.29) is 17.5 Å². The van der Waals surface area contributed by atoms with E-state index in [2.05, 4.69) is 0 Å². The van der Waals surface area contributed by atoms with E-state index in [0.29, 0.717) is 6.42 Å². The fraction of sp³-hybridized carbons (Fsp3) is 0.118. The number of phenolic OH excluding ortho intramolecular Hbond substituents is 1. The highest BCUT2D eigenvalue weighted by atomic mass is 19.1. The second kappa shape index (κ2) is 4.93. The van der Waals surface area contributed by atoms with E-state index in [0.717, 1.165) is 28.5 Å². The summed E-state index contributed by atoms with van der Waals surface area (Å²) >= 11 is 0. The molecular weight excluding hydrogens is 255 g/mol. The second-order valence-corrected chi connectivity index (χ2v) is 4.94. The number of fused-ring (bicyclic) bond motifs is 1. The first-order valence-corrected chi connectivity index (χ1v) is 6.40. The predicted molar refractivity (Wildman–Crippen MR) is 75.0 cm³/mol. The SMILES string of the molecule is O=CC1/C(=C/c2ccc(F)cc2)Cc2ccc(O)cc21. The number of carbonyl (C=O) groups is 1. The van der Waals surface area contributed by atoms with Crippen molar-refractivity contribution in [3.63, 3.8) is 0 Å². The zero-order valence-electron chi connectivity index (χ0n) is 10.7. The van der Waals surface area contributed by atoms with Crippen molar-refractivity contribution in [2.24, 2.45) is 0 Å². The minimum absolute atomic E-state index is 0.165. The molecule has 0 aromatic heterocycles. The predicted octanol–water partition coefficient (Wildman–Crippen LogP) is 3.45. The molecular formula is C17H13FO2. The number of benzene rings is 2. The first kappa shape index (κ1) is 12.6. The van der Waals surface area contributed by atoms with Crippen molar-refractivity contribution in [2.45, 2.75) is 12.3 Å². The molecule has 3 rings (SSSR count). The van der Waals surface area contributed by atoms with E-state index in [1.807, 2.05) is 12.1 Å². The van der Waals surface area contributed by atoms with E-state index in [1.165, 1.54) is 12.1 Å². The molecule has 0 spiro atoms. The van der Waals surface area contributed by atoms with Gasteiger partial charge in [0.15, 0.2) is 0 Å². The topological polar surface area (TPSA) is 37.3 Å². The van der Waals surface area contributed by atoms with Gasteiger partial charge in [-0.1, -0.05) is 29.8 Å². The van der Waals surface area contributed by atoms with Crippen molar-refractivity contribution in [1.82, 2.24) is 0 Å². The van der Waals surface area contributed by atoms with Crippen LogP contribution in [0.3, 0.4) is 0 Å². The van der Waals surface area contributed by atoms with Gasteiger partial charge in [0.1, 0.15) is 17.9 Å². The number of carbonyl (C=O) groups excluding carboxylic acids is 1. The number of halogens is 1. The molecule has 0 bridgehead atoms.